The van der Waals surface area contributed by atoms with Gasteiger partial charge in [0.1, 0.15) is 5.75 Å². The molecule has 104 valence electrons. The Bertz CT molecular complexity index is 446. The van der Waals surface area contributed by atoms with Crippen molar-refractivity contribution >= 4 is 0 Å². The molecule has 0 aromatic heterocycles. The fourth-order valence-corrected chi connectivity index (χ4v) is 3.56. The van der Waals surface area contributed by atoms with E-state index in [-0.39, 0.29) is 6.10 Å². The highest BCUT2D eigenvalue weighted by Crippen LogP contribution is 2.33. The van der Waals surface area contributed by atoms with Crippen LogP contribution in [0.2, 0.25) is 0 Å². The van der Waals surface area contributed by atoms with Crippen molar-refractivity contribution in [2.45, 2.75) is 50.7 Å². The number of rotatable bonds is 3. The third-order valence-electron chi connectivity index (χ3n) is 4.69. The molecular formula is C16H23NO2. The van der Waals surface area contributed by atoms with Gasteiger partial charge < -0.3 is 15.5 Å². The Morgan fingerprint density at radius 2 is 2.05 bits per heavy atom. The lowest BCUT2D eigenvalue weighted by Gasteiger charge is -2.28. The van der Waals surface area contributed by atoms with Crippen LogP contribution in [-0.2, 0) is 6.42 Å². The second-order valence-corrected chi connectivity index (χ2v) is 5.99. The summed E-state index contributed by atoms with van der Waals surface area (Å²) in [6.07, 6.45) is 6.53. The highest BCUT2D eigenvalue weighted by atomic mass is 16.3. The van der Waals surface area contributed by atoms with Crippen LogP contribution in [0.15, 0.2) is 18.2 Å². The van der Waals surface area contributed by atoms with E-state index in [4.69, 9.17) is 0 Å². The van der Waals surface area contributed by atoms with Crippen LogP contribution in [0, 0.1) is 5.92 Å². The highest BCUT2D eigenvalue weighted by molar-refractivity contribution is 5.38. The maximum atomic E-state index is 9.88. The quantitative estimate of drug-likeness (QED) is 0.783. The van der Waals surface area contributed by atoms with Crippen LogP contribution in [0.1, 0.15) is 49.3 Å². The average Bonchev–Trinajstić information content (AvgIpc) is 2.81. The van der Waals surface area contributed by atoms with Gasteiger partial charge in [0.15, 0.2) is 0 Å². The molecule has 3 heteroatoms. The van der Waals surface area contributed by atoms with Crippen molar-refractivity contribution in [3.8, 4) is 5.75 Å². The smallest absolute Gasteiger partial charge is 0.115 e. The van der Waals surface area contributed by atoms with Gasteiger partial charge in [-0.3, -0.25) is 0 Å². The summed E-state index contributed by atoms with van der Waals surface area (Å²) < 4.78 is 0. The fourth-order valence-electron chi connectivity index (χ4n) is 3.56. The Morgan fingerprint density at radius 1 is 1.16 bits per heavy atom. The molecule has 0 amide bonds. The van der Waals surface area contributed by atoms with Crippen LogP contribution in [0.25, 0.3) is 0 Å². The van der Waals surface area contributed by atoms with E-state index in [0.29, 0.717) is 17.7 Å². The Morgan fingerprint density at radius 3 is 2.84 bits per heavy atom. The van der Waals surface area contributed by atoms with Gasteiger partial charge in [0.05, 0.1) is 6.10 Å². The first kappa shape index (κ1) is 12.9. The van der Waals surface area contributed by atoms with Gasteiger partial charge in [0, 0.05) is 12.6 Å². The van der Waals surface area contributed by atoms with Gasteiger partial charge in [-0.15, -0.1) is 0 Å². The fraction of sp³-hybridized carbons (Fsp3) is 0.625. The number of nitrogens with one attached hydrogen (secondary N) is 1. The third kappa shape index (κ3) is 2.77. The SMILES string of the molecule is Oc1ccc2c(c1)CCCC2NCC1CCCC1O. The lowest BCUT2D eigenvalue weighted by atomic mass is 9.87. The normalized spacial score (nSPS) is 30.3. The molecule has 0 heterocycles. The number of aliphatic hydroxyl groups is 1. The minimum Gasteiger partial charge on any atom is -0.508 e. The molecule has 3 nitrogen and oxygen atoms in total. The number of aromatic hydroxyl groups is 1. The molecule has 2 aliphatic carbocycles. The molecule has 2 aliphatic rings. The average molecular weight is 261 g/mol. The van der Waals surface area contributed by atoms with E-state index in [1.54, 1.807) is 6.07 Å². The molecule has 0 aliphatic heterocycles. The number of aryl methyl sites for hydroxylation is 1. The number of fused-ring (bicyclic) bond motifs is 1. The van der Waals surface area contributed by atoms with Gasteiger partial charge in [-0.05, 0) is 61.3 Å². The Balaban J connectivity index is 1.66. The summed E-state index contributed by atoms with van der Waals surface area (Å²) >= 11 is 0. The lowest BCUT2D eigenvalue weighted by molar-refractivity contribution is 0.129. The lowest BCUT2D eigenvalue weighted by Crippen LogP contribution is -2.32. The van der Waals surface area contributed by atoms with Crippen LogP contribution < -0.4 is 5.32 Å². The summed E-state index contributed by atoms with van der Waals surface area (Å²) in [4.78, 5) is 0. The second-order valence-electron chi connectivity index (χ2n) is 5.99. The topological polar surface area (TPSA) is 52.5 Å². The summed E-state index contributed by atoms with van der Waals surface area (Å²) in [7, 11) is 0. The molecule has 1 aromatic carbocycles. The van der Waals surface area contributed by atoms with Crippen LogP contribution in [-0.4, -0.2) is 22.9 Å². The van der Waals surface area contributed by atoms with Crippen molar-refractivity contribution in [2.75, 3.05) is 6.54 Å². The first-order valence-corrected chi connectivity index (χ1v) is 7.47. The number of aliphatic hydroxyl groups excluding tert-OH is 1. The monoisotopic (exact) mass is 261 g/mol. The zero-order valence-electron chi connectivity index (χ0n) is 11.3. The van der Waals surface area contributed by atoms with Gasteiger partial charge >= 0.3 is 0 Å². The molecule has 0 bridgehead atoms. The van der Waals surface area contributed by atoms with E-state index >= 15 is 0 Å². The molecule has 3 rings (SSSR count). The third-order valence-corrected chi connectivity index (χ3v) is 4.69. The Labute approximate surface area is 114 Å². The van der Waals surface area contributed by atoms with E-state index in [1.807, 2.05) is 12.1 Å². The summed E-state index contributed by atoms with van der Waals surface area (Å²) in [6.45, 7) is 0.909. The first-order valence-electron chi connectivity index (χ1n) is 7.47. The number of phenols is 1. The van der Waals surface area contributed by atoms with E-state index in [2.05, 4.69) is 5.32 Å². The van der Waals surface area contributed by atoms with Crippen molar-refractivity contribution in [1.82, 2.24) is 5.32 Å². The van der Waals surface area contributed by atoms with Gasteiger partial charge in [-0.1, -0.05) is 12.5 Å². The summed E-state index contributed by atoms with van der Waals surface area (Å²) in [5.74, 6) is 0.785. The van der Waals surface area contributed by atoms with Gasteiger partial charge in [-0.2, -0.15) is 0 Å². The molecular weight excluding hydrogens is 238 g/mol. The van der Waals surface area contributed by atoms with Gasteiger partial charge in [0.2, 0.25) is 0 Å². The number of benzene rings is 1. The molecule has 1 aromatic rings. The van der Waals surface area contributed by atoms with Crippen LogP contribution >= 0.6 is 0 Å². The van der Waals surface area contributed by atoms with Gasteiger partial charge in [-0.25, -0.2) is 0 Å². The molecule has 0 radical (unpaired) electrons. The maximum Gasteiger partial charge on any atom is 0.115 e. The van der Waals surface area contributed by atoms with Gasteiger partial charge in [0.25, 0.3) is 0 Å². The molecule has 3 unspecified atom stereocenters. The summed E-state index contributed by atoms with van der Waals surface area (Å²) in [5.41, 5.74) is 2.60. The zero-order valence-corrected chi connectivity index (χ0v) is 11.3. The van der Waals surface area contributed by atoms with Crippen LogP contribution in [0.3, 0.4) is 0 Å². The number of phenolic OH excluding ortho intramolecular Hbond substituents is 1. The van der Waals surface area contributed by atoms with Crippen LogP contribution in [0.5, 0.6) is 5.75 Å². The minimum absolute atomic E-state index is 0.115. The summed E-state index contributed by atoms with van der Waals surface area (Å²) in [5, 5.41) is 23.1. The predicted molar refractivity (Wildman–Crippen MR) is 75.1 cm³/mol. The van der Waals surface area contributed by atoms with E-state index in [0.717, 1.165) is 38.6 Å². The molecule has 3 atom stereocenters. The molecule has 0 spiro atoms. The van der Waals surface area contributed by atoms with Crippen molar-refractivity contribution < 1.29 is 10.2 Å². The molecule has 3 N–H and O–H groups in total. The standard InChI is InChI=1S/C16H23NO2/c18-13-7-8-14-11(9-13)3-1-5-15(14)17-10-12-4-2-6-16(12)19/h7-9,12,15-19H,1-6,10H2. The summed E-state index contributed by atoms with van der Waals surface area (Å²) in [6, 6.07) is 6.11. The van der Waals surface area contributed by atoms with E-state index < -0.39 is 0 Å². The highest BCUT2D eigenvalue weighted by Gasteiger charge is 2.27. The molecule has 19 heavy (non-hydrogen) atoms. The van der Waals surface area contributed by atoms with Crippen molar-refractivity contribution in [1.29, 1.82) is 0 Å². The number of hydrogen-bond donors (Lipinski definition) is 3. The van der Waals surface area contributed by atoms with E-state index in [9.17, 15) is 10.2 Å². The van der Waals surface area contributed by atoms with Crippen molar-refractivity contribution in [3.05, 3.63) is 29.3 Å². The largest absolute Gasteiger partial charge is 0.508 e. The Kier molecular flexibility index (Phi) is 3.76. The zero-order chi connectivity index (χ0) is 13.2. The van der Waals surface area contributed by atoms with Crippen molar-refractivity contribution in [3.63, 3.8) is 0 Å². The first-order chi connectivity index (χ1) is 9.24. The molecule has 0 saturated heterocycles. The number of hydrogen-bond acceptors (Lipinski definition) is 3. The minimum atomic E-state index is -0.115. The predicted octanol–water partition coefficient (Wildman–Crippen LogP) is 2.52. The molecule has 1 fully saturated rings. The van der Waals surface area contributed by atoms with Crippen molar-refractivity contribution in [2.24, 2.45) is 5.92 Å². The maximum absolute atomic E-state index is 9.88. The second kappa shape index (κ2) is 5.51. The molecule has 1 saturated carbocycles. The Hall–Kier alpha value is -1.06. The van der Waals surface area contributed by atoms with Crippen LogP contribution in [0.4, 0.5) is 0 Å². The van der Waals surface area contributed by atoms with E-state index in [1.165, 1.54) is 17.5 Å².